The molecule has 0 spiro atoms. The zero-order valence-corrected chi connectivity index (χ0v) is 6.99. The van der Waals surface area contributed by atoms with E-state index in [1.54, 1.807) is 0 Å². The summed E-state index contributed by atoms with van der Waals surface area (Å²) < 4.78 is 4.26. The highest BCUT2D eigenvalue weighted by Crippen LogP contribution is 2.13. The third kappa shape index (κ3) is 4.68. The first kappa shape index (κ1) is 10.9. The van der Waals surface area contributed by atoms with Gasteiger partial charge in [0.15, 0.2) is 0 Å². The lowest BCUT2D eigenvalue weighted by atomic mass is 9.98. The molecule has 0 heterocycles. The van der Waals surface area contributed by atoms with E-state index in [1.165, 1.54) is 6.92 Å². The lowest BCUT2D eigenvalue weighted by Crippen LogP contribution is -2.37. The number of hydrogen-bond donors (Lipinski definition) is 1. The lowest BCUT2D eigenvalue weighted by Gasteiger charge is -2.21. The zero-order valence-electron chi connectivity index (χ0n) is 6.99. The molecule has 1 N–H and O–H groups in total. The van der Waals surface area contributed by atoms with E-state index in [2.05, 4.69) is 4.74 Å². The fourth-order valence-electron chi connectivity index (χ4n) is 0.757. The van der Waals surface area contributed by atoms with Gasteiger partial charge < -0.3 is 19.7 Å². The van der Waals surface area contributed by atoms with Crippen LogP contribution >= 0.6 is 0 Å². The highest BCUT2D eigenvalue weighted by Gasteiger charge is 2.24. The quantitative estimate of drug-likeness (QED) is 0.522. The molecule has 0 aliphatic heterocycles. The van der Waals surface area contributed by atoms with Crippen LogP contribution in [0.4, 0.5) is 0 Å². The SMILES string of the molecule is COC(=O)C[C@](C)(O)CC(=O)[O-]. The van der Waals surface area contributed by atoms with E-state index in [1.807, 2.05) is 0 Å². The van der Waals surface area contributed by atoms with Crippen LogP contribution in [0.15, 0.2) is 0 Å². The number of esters is 1. The van der Waals surface area contributed by atoms with E-state index in [0.29, 0.717) is 0 Å². The molecule has 0 bridgehead atoms. The minimum absolute atomic E-state index is 0.350. The molecule has 0 radical (unpaired) electrons. The molecule has 0 aromatic heterocycles. The molecule has 0 fully saturated rings. The lowest BCUT2D eigenvalue weighted by molar-refractivity contribution is -0.309. The van der Waals surface area contributed by atoms with Crippen LogP contribution in [-0.2, 0) is 14.3 Å². The Labute approximate surface area is 70.0 Å². The van der Waals surface area contributed by atoms with Crippen LogP contribution in [0.3, 0.4) is 0 Å². The molecular formula is C7H11O5-. The van der Waals surface area contributed by atoms with Gasteiger partial charge in [-0.05, 0) is 6.92 Å². The summed E-state index contributed by atoms with van der Waals surface area (Å²) in [5.41, 5.74) is -1.59. The van der Waals surface area contributed by atoms with Crippen molar-refractivity contribution in [3.8, 4) is 0 Å². The van der Waals surface area contributed by atoms with E-state index in [-0.39, 0.29) is 6.42 Å². The minimum atomic E-state index is -1.59. The van der Waals surface area contributed by atoms with E-state index < -0.39 is 24.0 Å². The number of carboxylic acid groups (broad SMARTS) is 1. The van der Waals surface area contributed by atoms with Crippen molar-refractivity contribution < 1.29 is 24.5 Å². The Balaban J connectivity index is 4.03. The summed E-state index contributed by atoms with van der Waals surface area (Å²) in [6, 6.07) is 0. The van der Waals surface area contributed by atoms with Gasteiger partial charge >= 0.3 is 5.97 Å². The van der Waals surface area contributed by atoms with Crippen molar-refractivity contribution >= 4 is 11.9 Å². The van der Waals surface area contributed by atoms with Gasteiger partial charge in [-0.1, -0.05) is 0 Å². The Hall–Kier alpha value is -1.10. The summed E-state index contributed by atoms with van der Waals surface area (Å²) in [4.78, 5) is 20.7. The molecule has 0 unspecified atom stereocenters. The monoisotopic (exact) mass is 175 g/mol. The first-order chi connectivity index (χ1) is 5.37. The van der Waals surface area contributed by atoms with Crippen molar-refractivity contribution in [2.45, 2.75) is 25.4 Å². The van der Waals surface area contributed by atoms with Crippen LogP contribution in [0.25, 0.3) is 0 Å². The van der Waals surface area contributed by atoms with Gasteiger partial charge in [-0.3, -0.25) is 4.79 Å². The number of carbonyl (C=O) groups excluding carboxylic acids is 2. The van der Waals surface area contributed by atoms with Crippen LogP contribution in [0, 0.1) is 0 Å². The largest absolute Gasteiger partial charge is 0.550 e. The summed E-state index contributed by atoms with van der Waals surface area (Å²) in [5, 5.41) is 19.3. The maximum atomic E-state index is 10.6. The van der Waals surface area contributed by atoms with Gasteiger partial charge in [0.25, 0.3) is 0 Å². The summed E-state index contributed by atoms with van der Waals surface area (Å²) >= 11 is 0. The Morgan fingerprint density at radius 2 is 2.00 bits per heavy atom. The number of aliphatic hydroxyl groups is 1. The molecule has 70 valence electrons. The van der Waals surface area contributed by atoms with E-state index in [4.69, 9.17) is 0 Å². The summed E-state index contributed by atoms with van der Waals surface area (Å²) in [5.74, 6) is -2.05. The van der Waals surface area contributed by atoms with Crippen molar-refractivity contribution in [3.05, 3.63) is 0 Å². The van der Waals surface area contributed by atoms with E-state index >= 15 is 0 Å². The van der Waals surface area contributed by atoms with Crippen LogP contribution in [-0.4, -0.2) is 29.8 Å². The van der Waals surface area contributed by atoms with Crippen molar-refractivity contribution in [1.29, 1.82) is 0 Å². The second-order valence-corrected chi connectivity index (χ2v) is 2.80. The molecule has 0 aliphatic rings. The molecule has 0 aliphatic carbocycles. The van der Waals surface area contributed by atoms with Gasteiger partial charge in [-0.15, -0.1) is 0 Å². The summed E-state index contributed by atoms with van der Waals surface area (Å²) in [6.07, 6.45) is -0.931. The normalized spacial score (nSPS) is 14.9. The van der Waals surface area contributed by atoms with Gasteiger partial charge in [0, 0.05) is 12.4 Å². The molecule has 0 amide bonds. The average Bonchev–Trinajstić information content (AvgIpc) is 1.83. The Kier molecular flexibility index (Phi) is 3.69. The molecule has 0 saturated heterocycles. The van der Waals surface area contributed by atoms with Gasteiger partial charge in [-0.2, -0.15) is 0 Å². The van der Waals surface area contributed by atoms with Crippen molar-refractivity contribution in [2.75, 3.05) is 7.11 Å². The Morgan fingerprint density at radius 1 is 1.50 bits per heavy atom. The number of hydrogen-bond acceptors (Lipinski definition) is 5. The fraction of sp³-hybridized carbons (Fsp3) is 0.714. The van der Waals surface area contributed by atoms with Crippen LogP contribution in [0.5, 0.6) is 0 Å². The standard InChI is InChI=1S/C7H12O5/c1-7(11,3-5(8)9)4-6(10)12-2/h11H,3-4H2,1-2H3,(H,8,9)/p-1/t7-/m1/s1. The Morgan fingerprint density at radius 3 is 2.33 bits per heavy atom. The molecule has 5 heteroatoms. The van der Waals surface area contributed by atoms with E-state index in [0.717, 1.165) is 7.11 Å². The number of aliphatic carboxylic acids is 1. The van der Waals surface area contributed by atoms with Gasteiger partial charge in [0.05, 0.1) is 19.1 Å². The van der Waals surface area contributed by atoms with Crippen LogP contribution < -0.4 is 5.11 Å². The number of rotatable bonds is 4. The molecule has 0 saturated carbocycles. The second-order valence-electron chi connectivity index (χ2n) is 2.80. The average molecular weight is 175 g/mol. The van der Waals surface area contributed by atoms with Crippen molar-refractivity contribution in [2.24, 2.45) is 0 Å². The van der Waals surface area contributed by atoms with Crippen LogP contribution in [0.2, 0.25) is 0 Å². The smallest absolute Gasteiger partial charge is 0.308 e. The number of carboxylic acids is 1. The summed E-state index contributed by atoms with van der Waals surface area (Å²) in [7, 11) is 1.16. The maximum Gasteiger partial charge on any atom is 0.308 e. The summed E-state index contributed by atoms with van der Waals surface area (Å²) in [6.45, 7) is 1.24. The topological polar surface area (TPSA) is 86.7 Å². The predicted octanol–water partition coefficient (Wildman–Crippen LogP) is -1.56. The predicted molar refractivity (Wildman–Crippen MR) is 36.9 cm³/mol. The maximum absolute atomic E-state index is 10.6. The molecule has 12 heavy (non-hydrogen) atoms. The van der Waals surface area contributed by atoms with Crippen molar-refractivity contribution in [3.63, 3.8) is 0 Å². The molecule has 0 aromatic rings. The molecule has 5 nitrogen and oxygen atoms in total. The molecular weight excluding hydrogens is 164 g/mol. The molecule has 0 aromatic carbocycles. The Bertz CT molecular complexity index is 184. The highest BCUT2D eigenvalue weighted by atomic mass is 16.5. The number of methoxy groups -OCH3 is 1. The molecule has 0 rings (SSSR count). The van der Waals surface area contributed by atoms with Gasteiger partial charge in [-0.25, -0.2) is 0 Å². The van der Waals surface area contributed by atoms with Gasteiger partial charge in [0.2, 0.25) is 0 Å². The minimum Gasteiger partial charge on any atom is -0.550 e. The van der Waals surface area contributed by atoms with Crippen molar-refractivity contribution in [1.82, 2.24) is 0 Å². The number of ether oxygens (including phenoxy) is 1. The second kappa shape index (κ2) is 4.06. The van der Waals surface area contributed by atoms with Crippen LogP contribution in [0.1, 0.15) is 19.8 Å². The third-order valence-electron chi connectivity index (χ3n) is 1.28. The third-order valence-corrected chi connectivity index (χ3v) is 1.28. The number of carbonyl (C=O) groups is 2. The van der Waals surface area contributed by atoms with Gasteiger partial charge in [0.1, 0.15) is 0 Å². The first-order valence-corrected chi connectivity index (χ1v) is 3.36. The first-order valence-electron chi connectivity index (χ1n) is 3.36. The van der Waals surface area contributed by atoms with E-state index in [9.17, 15) is 19.8 Å². The molecule has 1 atom stereocenters. The fourth-order valence-corrected chi connectivity index (χ4v) is 0.757. The highest BCUT2D eigenvalue weighted by molar-refractivity contribution is 5.72. The zero-order chi connectivity index (χ0) is 9.78.